The molecule has 2 heterocycles. The van der Waals surface area contributed by atoms with Crippen LogP contribution in [0.5, 0.6) is 0 Å². The van der Waals surface area contributed by atoms with Gasteiger partial charge in [-0.05, 0) is 70.6 Å². The van der Waals surface area contributed by atoms with Crippen LogP contribution in [0.4, 0.5) is 0 Å². The average Bonchev–Trinajstić information content (AvgIpc) is 1.76. The number of allylic oxidation sites excluding steroid dienone is 4. The van der Waals surface area contributed by atoms with Gasteiger partial charge in [-0.2, -0.15) is 25.3 Å². The van der Waals surface area contributed by atoms with Gasteiger partial charge in [0.05, 0.1) is 12.7 Å². The van der Waals surface area contributed by atoms with Crippen molar-refractivity contribution in [3.8, 4) is 0 Å². The standard InChI is InChI=1S/C70H126N16O8S2/c1-2-3-4-5-6-7-8-9-13-17-20-23-26-29-32-35-65(89)83-61(53-95)69(93)85-59(49-57-51-75-55-81-57)67(91)79-47-45-77-63(87)34-31-28-25-22-19-16-14-11-10-12-15-18-21-24-27-30-33-36-66(90)84-62(54-96)70(94)86-60(50-58-52-76-56-82-58)68(92)80-48-46-78-64(88)37-39-72-41-43-74-44-42-73-40-38-71/h9,12-13,15,51-52,55-56,59-62,72-74,95-96H,2-8,10-11,14,16-50,53-54,71H2,1H3,(H,75,81)(H,76,82)(H,77,87)(H,78,88)(H,79,91)(H,80,92)(H,83,89)(H,84,90)(H,85,93)(H,86,94)/b13-9-,15-12-. The fourth-order valence-electron chi connectivity index (χ4n) is 10.6. The Kier molecular flexibility index (Phi) is 55.3. The second kappa shape index (κ2) is 61.5. The van der Waals surface area contributed by atoms with Crippen LogP contribution >= 0.6 is 25.3 Å². The van der Waals surface area contributed by atoms with Crippen LogP contribution < -0.4 is 64.2 Å². The Bertz CT molecular complexity index is 2370. The summed E-state index contributed by atoms with van der Waals surface area (Å²) in [5, 5.41) is 32.2. The third kappa shape index (κ3) is 48.8. The lowest BCUT2D eigenvalue weighted by Gasteiger charge is -2.22. The van der Waals surface area contributed by atoms with E-state index in [9.17, 15) is 38.4 Å². The number of nitrogens with zero attached hydrogens (tertiary/aromatic N) is 2. The van der Waals surface area contributed by atoms with Gasteiger partial charge in [0, 0.05) is 146 Å². The largest absolute Gasteiger partial charge is 0.354 e. The fourth-order valence-corrected chi connectivity index (χ4v) is 11.1. The maximum Gasteiger partial charge on any atom is 0.244 e. The van der Waals surface area contributed by atoms with Crippen LogP contribution in [0.15, 0.2) is 49.4 Å². The van der Waals surface area contributed by atoms with Gasteiger partial charge in [0.15, 0.2) is 0 Å². The number of nitrogens with one attached hydrogen (secondary N) is 13. The number of aromatic nitrogens is 4. The lowest BCUT2D eigenvalue weighted by atomic mass is 10.1. The minimum atomic E-state index is -0.954. The maximum atomic E-state index is 13.3. The molecule has 4 unspecified atom stereocenters. The first-order valence-corrected chi connectivity index (χ1v) is 37.7. The Balaban J connectivity index is 1.49. The van der Waals surface area contributed by atoms with Crippen molar-refractivity contribution in [2.24, 2.45) is 5.73 Å². The molecule has 2 aromatic heterocycles. The minimum Gasteiger partial charge on any atom is -0.354 e. The average molecular weight is 1380 g/mol. The smallest absolute Gasteiger partial charge is 0.244 e. The Hall–Kier alpha value is -5.80. The second-order valence-electron chi connectivity index (χ2n) is 24.8. The van der Waals surface area contributed by atoms with E-state index in [-0.39, 0.29) is 80.6 Å². The van der Waals surface area contributed by atoms with Crippen LogP contribution in [0.1, 0.15) is 224 Å². The topological polar surface area (TPSA) is 352 Å². The molecule has 0 saturated heterocycles. The summed E-state index contributed by atoms with van der Waals surface area (Å²) in [5.74, 6) is -2.37. The zero-order valence-electron chi connectivity index (χ0n) is 58.3. The number of hydrogen-bond donors (Lipinski definition) is 16. The summed E-state index contributed by atoms with van der Waals surface area (Å²) < 4.78 is 0. The van der Waals surface area contributed by atoms with Crippen molar-refractivity contribution >= 4 is 72.5 Å². The first-order valence-electron chi connectivity index (χ1n) is 36.5. The van der Waals surface area contributed by atoms with Gasteiger partial charge >= 0.3 is 0 Å². The zero-order valence-corrected chi connectivity index (χ0v) is 60.1. The first kappa shape index (κ1) is 86.3. The summed E-state index contributed by atoms with van der Waals surface area (Å²) >= 11 is 8.65. The molecule has 0 saturated carbocycles. The molecule has 0 aromatic carbocycles. The molecule has 0 spiro atoms. The predicted octanol–water partition coefficient (Wildman–Crippen LogP) is 6.52. The van der Waals surface area contributed by atoms with Crippen LogP contribution in [0.2, 0.25) is 0 Å². The summed E-state index contributed by atoms with van der Waals surface area (Å²) in [6.07, 6.45) is 47.9. The van der Waals surface area contributed by atoms with Gasteiger partial charge in [-0.15, -0.1) is 0 Å². The van der Waals surface area contributed by atoms with E-state index in [1.54, 1.807) is 12.4 Å². The Morgan fingerprint density at radius 2 is 0.719 bits per heavy atom. The van der Waals surface area contributed by atoms with Crippen molar-refractivity contribution in [1.82, 2.24) is 78.4 Å². The van der Waals surface area contributed by atoms with E-state index >= 15 is 0 Å². The molecule has 0 fully saturated rings. The second-order valence-corrected chi connectivity index (χ2v) is 25.6. The third-order valence-electron chi connectivity index (χ3n) is 16.3. The molecule has 546 valence electrons. The van der Waals surface area contributed by atoms with Crippen molar-refractivity contribution in [2.45, 2.75) is 249 Å². The van der Waals surface area contributed by atoms with Crippen molar-refractivity contribution in [2.75, 3.05) is 83.5 Å². The number of carbonyl (C=O) groups is 8. The Morgan fingerprint density at radius 1 is 0.385 bits per heavy atom. The number of H-pyrrole nitrogens is 2. The van der Waals surface area contributed by atoms with Gasteiger partial charge in [-0.3, -0.25) is 38.4 Å². The number of rotatable bonds is 65. The number of amides is 8. The highest BCUT2D eigenvalue weighted by atomic mass is 32.1. The van der Waals surface area contributed by atoms with Gasteiger partial charge in [0.1, 0.15) is 24.2 Å². The van der Waals surface area contributed by atoms with Gasteiger partial charge < -0.3 is 74.2 Å². The number of carbonyl (C=O) groups excluding carboxylic acids is 8. The molecule has 0 radical (unpaired) electrons. The molecule has 0 aliphatic carbocycles. The van der Waals surface area contributed by atoms with Crippen LogP contribution in [-0.2, 0) is 51.2 Å². The molecule has 24 nitrogen and oxygen atoms in total. The first-order chi connectivity index (χ1) is 46.9. The lowest BCUT2D eigenvalue weighted by molar-refractivity contribution is -0.131. The molecule has 2 rings (SSSR count). The molecule has 0 aliphatic heterocycles. The summed E-state index contributed by atoms with van der Waals surface area (Å²) in [6, 6.07) is -3.71. The Morgan fingerprint density at radius 3 is 1.08 bits per heavy atom. The van der Waals surface area contributed by atoms with Gasteiger partial charge in [0.2, 0.25) is 47.3 Å². The Labute approximate surface area is 585 Å². The van der Waals surface area contributed by atoms with E-state index in [1.807, 2.05) is 0 Å². The number of imidazole rings is 2. The minimum absolute atomic E-state index is 0.0561. The van der Waals surface area contributed by atoms with Gasteiger partial charge in [-0.25, -0.2) is 9.97 Å². The number of nitrogens with two attached hydrogens (primary N) is 1. The SMILES string of the molecule is CCCCCCCC/C=C\CCCCCCCC(=O)NC(CS)C(=O)NC(Cc1cnc[nH]1)C(=O)NCCNC(=O)CCCCCCCCCC/C=C\CCCCCCCC(=O)NC(CS)C(=O)NC(Cc1cnc[nH]1)C(=O)NCCNC(=O)CCNCCNCCNCCN. The molecule has 96 heavy (non-hydrogen) atoms. The monoisotopic (exact) mass is 1380 g/mol. The number of thiol groups is 2. The van der Waals surface area contributed by atoms with E-state index in [0.29, 0.717) is 50.2 Å². The predicted molar refractivity (Wildman–Crippen MR) is 391 cm³/mol. The fraction of sp³-hybridized carbons (Fsp3) is 0.743. The van der Waals surface area contributed by atoms with Gasteiger partial charge in [-0.1, -0.05) is 140 Å². The van der Waals surface area contributed by atoms with E-state index in [1.165, 1.54) is 83.3 Å². The number of aromatic amines is 2. The lowest BCUT2D eigenvalue weighted by Crippen LogP contribution is -2.55. The number of hydrogen-bond acceptors (Lipinski definition) is 16. The number of unbranched alkanes of at least 4 members (excludes halogenated alkanes) is 24. The quantitative estimate of drug-likeness (QED) is 0.0190. The highest BCUT2D eigenvalue weighted by Crippen LogP contribution is 2.14. The normalized spacial score (nSPS) is 12.7. The molecule has 2 aromatic rings. The van der Waals surface area contributed by atoms with Gasteiger partial charge in [0.25, 0.3) is 0 Å². The van der Waals surface area contributed by atoms with E-state index in [2.05, 4.69) is 135 Å². The van der Waals surface area contributed by atoms with E-state index in [4.69, 9.17) is 5.73 Å². The highest BCUT2D eigenvalue weighted by molar-refractivity contribution is 7.80. The zero-order chi connectivity index (χ0) is 69.6. The van der Waals surface area contributed by atoms with Crippen molar-refractivity contribution in [3.05, 3.63) is 60.7 Å². The van der Waals surface area contributed by atoms with E-state index in [0.717, 1.165) is 135 Å². The molecular weight excluding hydrogens is 1260 g/mol. The van der Waals surface area contributed by atoms with Crippen molar-refractivity contribution in [1.29, 1.82) is 0 Å². The molecule has 4 atom stereocenters. The summed E-state index contributed by atoms with van der Waals surface area (Å²) in [7, 11) is 0. The molecule has 0 aliphatic rings. The van der Waals surface area contributed by atoms with Crippen LogP contribution in [0.3, 0.4) is 0 Å². The third-order valence-corrected chi connectivity index (χ3v) is 17.1. The maximum absolute atomic E-state index is 13.3. The summed E-state index contributed by atoms with van der Waals surface area (Å²) in [5.41, 5.74) is 6.77. The van der Waals surface area contributed by atoms with Crippen LogP contribution in [-0.4, -0.2) is 175 Å². The highest BCUT2D eigenvalue weighted by Gasteiger charge is 2.28. The van der Waals surface area contributed by atoms with Crippen molar-refractivity contribution in [3.63, 3.8) is 0 Å². The molecule has 26 heteroatoms. The van der Waals surface area contributed by atoms with E-state index < -0.39 is 47.8 Å². The summed E-state index contributed by atoms with van der Waals surface area (Å²) in [6.45, 7) is 8.22. The van der Waals surface area contributed by atoms with Crippen LogP contribution in [0, 0.1) is 0 Å². The molecule has 8 amide bonds. The molecule has 0 bridgehead atoms. The van der Waals surface area contributed by atoms with Crippen molar-refractivity contribution < 1.29 is 38.4 Å². The molecule has 15 N–H and O–H groups in total. The van der Waals surface area contributed by atoms with Crippen LogP contribution in [0.25, 0.3) is 0 Å². The summed E-state index contributed by atoms with van der Waals surface area (Å²) in [4.78, 5) is 118. The molecular formula is C70H126N16O8S2.